The standard InChI is InChI=1S/C17H20N4O/c1-13-18-15(11-21(13)3)10-20(2)12-16-9-17(19-22-16)14-7-5-4-6-8-14/h4-9,11H,10,12H2,1-3H3. The first kappa shape index (κ1) is 14.5. The second-order valence-electron chi connectivity index (χ2n) is 5.61. The van der Waals surface area contributed by atoms with Gasteiger partial charge in [-0.15, -0.1) is 0 Å². The van der Waals surface area contributed by atoms with Crippen molar-refractivity contribution < 1.29 is 4.52 Å². The van der Waals surface area contributed by atoms with Gasteiger partial charge in [-0.05, 0) is 14.0 Å². The highest BCUT2D eigenvalue weighted by atomic mass is 16.5. The van der Waals surface area contributed by atoms with Crippen molar-refractivity contribution in [1.82, 2.24) is 19.6 Å². The fourth-order valence-electron chi connectivity index (χ4n) is 2.44. The Balaban J connectivity index is 1.64. The zero-order valence-electron chi connectivity index (χ0n) is 13.2. The second-order valence-corrected chi connectivity index (χ2v) is 5.61. The molecule has 0 fully saturated rings. The predicted octanol–water partition coefficient (Wildman–Crippen LogP) is 3.02. The third-order valence-electron chi connectivity index (χ3n) is 3.64. The van der Waals surface area contributed by atoms with Gasteiger partial charge in [0.1, 0.15) is 11.5 Å². The molecule has 0 aliphatic rings. The first-order valence-corrected chi connectivity index (χ1v) is 7.30. The molecule has 22 heavy (non-hydrogen) atoms. The van der Waals surface area contributed by atoms with Crippen molar-refractivity contribution in [2.45, 2.75) is 20.0 Å². The summed E-state index contributed by atoms with van der Waals surface area (Å²) in [6, 6.07) is 12.0. The minimum atomic E-state index is 0.704. The summed E-state index contributed by atoms with van der Waals surface area (Å²) in [5, 5.41) is 4.14. The van der Waals surface area contributed by atoms with Crippen LogP contribution in [-0.4, -0.2) is 26.7 Å². The first-order chi connectivity index (χ1) is 10.6. The lowest BCUT2D eigenvalue weighted by atomic mass is 10.1. The van der Waals surface area contributed by atoms with Gasteiger partial charge in [0, 0.05) is 31.4 Å². The maximum absolute atomic E-state index is 5.44. The van der Waals surface area contributed by atoms with E-state index in [1.54, 1.807) is 0 Å². The van der Waals surface area contributed by atoms with Crippen molar-refractivity contribution in [1.29, 1.82) is 0 Å². The summed E-state index contributed by atoms with van der Waals surface area (Å²) in [6.45, 7) is 3.49. The largest absolute Gasteiger partial charge is 0.359 e. The molecule has 1 aromatic carbocycles. The molecule has 114 valence electrons. The molecule has 0 spiro atoms. The number of nitrogens with zero attached hydrogens (tertiary/aromatic N) is 4. The van der Waals surface area contributed by atoms with Crippen LogP contribution in [0.5, 0.6) is 0 Å². The van der Waals surface area contributed by atoms with E-state index in [4.69, 9.17) is 4.52 Å². The van der Waals surface area contributed by atoms with Crippen molar-refractivity contribution >= 4 is 0 Å². The highest BCUT2D eigenvalue weighted by molar-refractivity contribution is 5.58. The summed E-state index contributed by atoms with van der Waals surface area (Å²) in [5.41, 5.74) is 3.00. The van der Waals surface area contributed by atoms with Gasteiger partial charge in [0.15, 0.2) is 5.76 Å². The van der Waals surface area contributed by atoms with E-state index < -0.39 is 0 Å². The molecule has 0 atom stereocenters. The molecule has 2 heterocycles. The van der Waals surface area contributed by atoms with E-state index in [2.05, 4.69) is 28.3 Å². The van der Waals surface area contributed by atoms with E-state index in [1.807, 2.05) is 54.9 Å². The predicted molar refractivity (Wildman–Crippen MR) is 85.1 cm³/mol. The first-order valence-electron chi connectivity index (χ1n) is 7.30. The van der Waals surface area contributed by atoms with E-state index in [-0.39, 0.29) is 0 Å². The van der Waals surface area contributed by atoms with Gasteiger partial charge in [-0.1, -0.05) is 35.5 Å². The summed E-state index contributed by atoms with van der Waals surface area (Å²) in [4.78, 5) is 6.68. The fourth-order valence-corrected chi connectivity index (χ4v) is 2.44. The molecule has 0 unspecified atom stereocenters. The molecule has 0 saturated heterocycles. The summed E-state index contributed by atoms with van der Waals surface area (Å²) in [6.07, 6.45) is 2.06. The zero-order valence-corrected chi connectivity index (χ0v) is 13.2. The number of hydrogen-bond acceptors (Lipinski definition) is 4. The number of hydrogen-bond donors (Lipinski definition) is 0. The third-order valence-corrected chi connectivity index (χ3v) is 3.64. The lowest BCUT2D eigenvalue weighted by Gasteiger charge is -2.12. The Morgan fingerprint density at radius 2 is 1.95 bits per heavy atom. The minimum Gasteiger partial charge on any atom is -0.359 e. The molecule has 0 radical (unpaired) electrons. The lowest BCUT2D eigenvalue weighted by Crippen LogP contribution is -2.17. The van der Waals surface area contributed by atoms with E-state index in [0.717, 1.165) is 35.1 Å². The zero-order chi connectivity index (χ0) is 15.5. The quantitative estimate of drug-likeness (QED) is 0.726. The van der Waals surface area contributed by atoms with Gasteiger partial charge in [0.25, 0.3) is 0 Å². The number of imidazole rings is 1. The van der Waals surface area contributed by atoms with Crippen molar-refractivity contribution in [3.63, 3.8) is 0 Å². The Hall–Kier alpha value is -2.40. The Bertz CT molecular complexity index is 726. The fraction of sp³-hybridized carbons (Fsp3) is 0.294. The SMILES string of the molecule is Cc1nc(CN(C)Cc2cc(-c3ccccc3)no2)cn1C. The van der Waals surface area contributed by atoms with E-state index >= 15 is 0 Å². The van der Waals surface area contributed by atoms with Crippen molar-refractivity contribution in [2.24, 2.45) is 7.05 Å². The number of benzene rings is 1. The Labute approximate surface area is 130 Å². The monoisotopic (exact) mass is 296 g/mol. The van der Waals surface area contributed by atoms with E-state index in [9.17, 15) is 0 Å². The van der Waals surface area contributed by atoms with Crippen LogP contribution in [0.3, 0.4) is 0 Å². The molecule has 0 amide bonds. The highest BCUT2D eigenvalue weighted by Crippen LogP contribution is 2.19. The maximum atomic E-state index is 5.44. The van der Waals surface area contributed by atoms with Gasteiger partial charge in [-0.2, -0.15) is 0 Å². The van der Waals surface area contributed by atoms with Crippen molar-refractivity contribution in [3.8, 4) is 11.3 Å². The lowest BCUT2D eigenvalue weighted by molar-refractivity contribution is 0.265. The maximum Gasteiger partial charge on any atom is 0.151 e. The topological polar surface area (TPSA) is 47.1 Å². The van der Waals surface area contributed by atoms with Crippen molar-refractivity contribution in [3.05, 3.63) is 59.9 Å². The molecule has 3 aromatic rings. The Morgan fingerprint density at radius 1 is 1.18 bits per heavy atom. The van der Waals surface area contributed by atoms with Gasteiger partial charge in [-0.25, -0.2) is 4.98 Å². The molecule has 5 heteroatoms. The summed E-state index contributed by atoms with van der Waals surface area (Å²) in [7, 11) is 4.06. The van der Waals surface area contributed by atoms with Gasteiger partial charge in [-0.3, -0.25) is 4.90 Å². The van der Waals surface area contributed by atoms with Crippen LogP contribution in [0.15, 0.2) is 47.1 Å². The highest BCUT2D eigenvalue weighted by Gasteiger charge is 2.10. The average Bonchev–Trinajstić information content (AvgIpc) is 3.07. The number of aromatic nitrogens is 3. The minimum absolute atomic E-state index is 0.704. The molecule has 3 rings (SSSR count). The second kappa shape index (κ2) is 6.15. The molecule has 0 bridgehead atoms. The average molecular weight is 296 g/mol. The van der Waals surface area contributed by atoms with Crippen LogP contribution in [-0.2, 0) is 20.1 Å². The van der Waals surface area contributed by atoms with Gasteiger partial charge >= 0.3 is 0 Å². The van der Waals surface area contributed by atoms with Crippen molar-refractivity contribution in [2.75, 3.05) is 7.05 Å². The van der Waals surface area contributed by atoms with Crippen LogP contribution in [0.25, 0.3) is 11.3 Å². The number of rotatable bonds is 5. The molecular weight excluding hydrogens is 276 g/mol. The molecule has 0 aliphatic heterocycles. The molecule has 0 saturated carbocycles. The third kappa shape index (κ3) is 3.26. The smallest absolute Gasteiger partial charge is 0.151 e. The van der Waals surface area contributed by atoms with Crippen LogP contribution in [0.2, 0.25) is 0 Å². The summed E-state index contributed by atoms with van der Waals surface area (Å²) in [5.74, 6) is 1.88. The molecule has 5 nitrogen and oxygen atoms in total. The summed E-state index contributed by atoms with van der Waals surface area (Å²) < 4.78 is 7.47. The van der Waals surface area contributed by atoms with E-state index in [0.29, 0.717) is 6.54 Å². The summed E-state index contributed by atoms with van der Waals surface area (Å²) >= 11 is 0. The number of aryl methyl sites for hydroxylation is 2. The van der Waals surface area contributed by atoms with E-state index in [1.165, 1.54) is 0 Å². The van der Waals surface area contributed by atoms with Gasteiger partial charge in [0.05, 0.1) is 12.2 Å². The van der Waals surface area contributed by atoms with Crippen LogP contribution >= 0.6 is 0 Å². The molecular formula is C17H20N4O. The van der Waals surface area contributed by atoms with Crippen LogP contribution in [0, 0.1) is 6.92 Å². The Morgan fingerprint density at radius 3 is 2.64 bits per heavy atom. The molecule has 2 aromatic heterocycles. The van der Waals surface area contributed by atoms with Crippen LogP contribution in [0.1, 0.15) is 17.3 Å². The normalized spacial score (nSPS) is 11.3. The van der Waals surface area contributed by atoms with Gasteiger partial charge < -0.3 is 9.09 Å². The molecule has 0 N–H and O–H groups in total. The van der Waals surface area contributed by atoms with Crippen LogP contribution in [0.4, 0.5) is 0 Å². The Kier molecular flexibility index (Phi) is 4.06. The van der Waals surface area contributed by atoms with Crippen LogP contribution < -0.4 is 0 Å². The van der Waals surface area contributed by atoms with Gasteiger partial charge in [0.2, 0.25) is 0 Å². The molecule has 0 aliphatic carbocycles.